The second-order valence-electron chi connectivity index (χ2n) is 11.7. The van der Waals surface area contributed by atoms with Gasteiger partial charge in [-0.25, -0.2) is 14.0 Å². The highest BCUT2D eigenvalue weighted by Crippen LogP contribution is 2.49. The number of amides is 1. The first-order valence-corrected chi connectivity index (χ1v) is 12.8. The second-order valence-corrected chi connectivity index (χ2v) is 11.7. The average Bonchev–Trinajstić information content (AvgIpc) is 3.42. The highest BCUT2D eigenvalue weighted by molar-refractivity contribution is 5.89. The molecular formula is C27H34FN3O5. The number of rotatable bonds is 4. The number of carboxylic acids is 1. The number of ether oxygens (including phenoxy) is 1. The molecule has 9 heteroatoms. The number of nitrogens with zero attached hydrogens (tertiary/aromatic N) is 2. The van der Waals surface area contributed by atoms with E-state index in [1.54, 1.807) is 0 Å². The Hall–Kier alpha value is -3.10. The van der Waals surface area contributed by atoms with Crippen LogP contribution in [0, 0.1) is 18.2 Å². The number of fused-ring (bicyclic) bond motifs is 1. The minimum atomic E-state index is -1.30. The van der Waals surface area contributed by atoms with Gasteiger partial charge in [-0.1, -0.05) is 6.42 Å². The zero-order chi connectivity index (χ0) is 26.0. The summed E-state index contributed by atoms with van der Waals surface area (Å²) in [7, 11) is 0. The van der Waals surface area contributed by atoms with Gasteiger partial charge in [-0.05, 0) is 82.9 Å². The number of halogens is 1. The molecule has 1 saturated heterocycles. The van der Waals surface area contributed by atoms with Gasteiger partial charge in [-0.2, -0.15) is 0 Å². The van der Waals surface area contributed by atoms with E-state index in [1.165, 1.54) is 10.5 Å². The number of carboxylic acid groups (broad SMARTS) is 1. The summed E-state index contributed by atoms with van der Waals surface area (Å²) in [6.45, 7) is 8.55. The quantitative estimate of drug-likeness (QED) is 0.638. The van der Waals surface area contributed by atoms with E-state index in [9.17, 15) is 19.5 Å². The Morgan fingerprint density at radius 2 is 1.94 bits per heavy atom. The zero-order valence-electron chi connectivity index (χ0n) is 21.3. The number of alkyl carbamates (subject to hydrolysis) is 1. The number of nitrogens with one attached hydrogen (secondary N) is 1. The summed E-state index contributed by atoms with van der Waals surface area (Å²) in [6.07, 6.45) is 6.15. The van der Waals surface area contributed by atoms with E-state index >= 15 is 4.39 Å². The van der Waals surface area contributed by atoms with Gasteiger partial charge in [0.2, 0.25) is 0 Å². The molecule has 3 heterocycles. The number of pyridine rings is 2. The zero-order valence-corrected chi connectivity index (χ0v) is 21.3. The molecule has 8 nitrogen and oxygen atoms in total. The predicted octanol–water partition coefficient (Wildman–Crippen LogP) is 4.60. The van der Waals surface area contributed by atoms with Crippen LogP contribution in [0.3, 0.4) is 0 Å². The van der Waals surface area contributed by atoms with E-state index in [4.69, 9.17) is 4.74 Å². The fraction of sp³-hybridized carbons (Fsp3) is 0.593. The number of hydrogen-bond donors (Lipinski definition) is 2. The maximum absolute atomic E-state index is 15.6. The van der Waals surface area contributed by atoms with Gasteiger partial charge in [0.15, 0.2) is 5.82 Å². The molecule has 0 aromatic carbocycles. The second kappa shape index (κ2) is 8.49. The Labute approximate surface area is 209 Å². The average molecular weight is 500 g/mol. The molecular weight excluding hydrogens is 465 g/mol. The Bertz CT molecular complexity index is 1310. The van der Waals surface area contributed by atoms with Crippen LogP contribution >= 0.6 is 0 Å². The van der Waals surface area contributed by atoms with Gasteiger partial charge in [0.05, 0.1) is 17.4 Å². The number of hydrogen-bond acceptors (Lipinski definition) is 5. The molecule has 2 N–H and O–H groups in total. The molecule has 3 fully saturated rings. The normalized spacial score (nSPS) is 24.0. The molecule has 2 unspecified atom stereocenters. The van der Waals surface area contributed by atoms with Crippen LogP contribution in [0.1, 0.15) is 86.7 Å². The lowest BCUT2D eigenvalue weighted by Crippen LogP contribution is -2.47. The Kier molecular flexibility index (Phi) is 5.80. The van der Waals surface area contributed by atoms with Gasteiger partial charge < -0.3 is 20.1 Å². The maximum atomic E-state index is 15.6. The third-order valence-corrected chi connectivity index (χ3v) is 7.99. The molecule has 3 aliphatic rings. The summed E-state index contributed by atoms with van der Waals surface area (Å²) < 4.78 is 22.3. The van der Waals surface area contributed by atoms with Gasteiger partial charge in [0.25, 0.3) is 5.56 Å². The first-order valence-electron chi connectivity index (χ1n) is 12.8. The van der Waals surface area contributed by atoms with E-state index < -0.39 is 29.0 Å². The molecule has 2 aromatic heterocycles. The Morgan fingerprint density at radius 1 is 1.22 bits per heavy atom. The molecule has 2 saturated carbocycles. The lowest BCUT2D eigenvalue weighted by Gasteiger charge is -2.33. The van der Waals surface area contributed by atoms with Gasteiger partial charge in [0.1, 0.15) is 11.2 Å². The number of carbonyl (C=O) groups excluding carboxylic acids is 1. The third-order valence-electron chi connectivity index (χ3n) is 7.99. The first-order chi connectivity index (χ1) is 16.9. The fourth-order valence-electron chi connectivity index (χ4n) is 6.28. The van der Waals surface area contributed by atoms with E-state index in [0.717, 1.165) is 50.3 Å². The molecule has 2 atom stereocenters. The summed E-state index contributed by atoms with van der Waals surface area (Å²) in [5.41, 5.74) is 0.713. The number of aromatic carboxylic acids is 1. The smallest absolute Gasteiger partial charge is 0.407 e. The van der Waals surface area contributed by atoms with Crippen LogP contribution in [0.15, 0.2) is 17.1 Å². The monoisotopic (exact) mass is 499 g/mol. The highest BCUT2D eigenvalue weighted by atomic mass is 19.1. The van der Waals surface area contributed by atoms with Crippen LogP contribution in [0.4, 0.5) is 14.9 Å². The lowest BCUT2D eigenvalue weighted by molar-refractivity contribution is 0.0467. The summed E-state index contributed by atoms with van der Waals surface area (Å²) in [5.74, 6) is -1.67. The first kappa shape index (κ1) is 24.6. The van der Waals surface area contributed by atoms with Gasteiger partial charge in [-0.3, -0.25) is 9.20 Å². The number of aryl methyl sites for hydroxylation is 1. The van der Waals surface area contributed by atoms with Crippen LogP contribution in [0.25, 0.3) is 5.52 Å². The summed E-state index contributed by atoms with van der Waals surface area (Å²) in [5, 5.41) is 12.6. The summed E-state index contributed by atoms with van der Waals surface area (Å²) in [4.78, 5) is 39.1. The molecule has 0 radical (unpaired) electrons. The van der Waals surface area contributed by atoms with Crippen LogP contribution < -0.4 is 15.8 Å². The molecule has 2 aromatic rings. The largest absolute Gasteiger partial charge is 0.477 e. The van der Waals surface area contributed by atoms with E-state index in [0.29, 0.717) is 29.9 Å². The van der Waals surface area contributed by atoms with Crippen molar-refractivity contribution in [2.45, 2.75) is 83.8 Å². The van der Waals surface area contributed by atoms with Crippen molar-refractivity contribution in [3.8, 4) is 0 Å². The Morgan fingerprint density at radius 3 is 2.58 bits per heavy atom. The minimum absolute atomic E-state index is 0.0519. The van der Waals surface area contributed by atoms with Crippen molar-refractivity contribution in [3.63, 3.8) is 0 Å². The predicted molar refractivity (Wildman–Crippen MR) is 134 cm³/mol. The molecule has 5 rings (SSSR count). The van der Waals surface area contributed by atoms with Crippen molar-refractivity contribution in [2.75, 3.05) is 18.0 Å². The van der Waals surface area contributed by atoms with Crippen LogP contribution in [0.5, 0.6) is 0 Å². The topological polar surface area (TPSA) is 100 Å². The van der Waals surface area contributed by atoms with E-state index in [1.807, 2.05) is 32.6 Å². The number of anilines is 1. The molecule has 0 bridgehead atoms. The van der Waals surface area contributed by atoms with Gasteiger partial charge in [-0.15, -0.1) is 0 Å². The molecule has 1 spiro atoms. The lowest BCUT2D eigenvalue weighted by atomic mass is 9.81. The number of aromatic nitrogens is 1. The van der Waals surface area contributed by atoms with Crippen LogP contribution in [-0.2, 0) is 4.74 Å². The van der Waals surface area contributed by atoms with Crippen molar-refractivity contribution < 1.29 is 23.8 Å². The molecule has 1 aliphatic heterocycles. The van der Waals surface area contributed by atoms with Crippen LogP contribution in [-0.4, -0.2) is 46.3 Å². The van der Waals surface area contributed by atoms with Crippen LogP contribution in [0.2, 0.25) is 0 Å². The maximum Gasteiger partial charge on any atom is 0.407 e. The van der Waals surface area contributed by atoms with Crippen molar-refractivity contribution in [2.24, 2.45) is 5.41 Å². The third kappa shape index (κ3) is 4.22. The minimum Gasteiger partial charge on any atom is -0.477 e. The molecule has 2 aliphatic carbocycles. The molecule has 36 heavy (non-hydrogen) atoms. The van der Waals surface area contributed by atoms with E-state index in [2.05, 4.69) is 5.32 Å². The Balaban J connectivity index is 1.50. The van der Waals surface area contributed by atoms with Gasteiger partial charge >= 0.3 is 12.1 Å². The molecule has 1 amide bonds. The fourth-order valence-corrected chi connectivity index (χ4v) is 6.28. The van der Waals surface area contributed by atoms with Crippen molar-refractivity contribution in [3.05, 3.63) is 45.1 Å². The van der Waals surface area contributed by atoms with Gasteiger partial charge in [0, 0.05) is 24.5 Å². The van der Waals surface area contributed by atoms with E-state index in [-0.39, 0.29) is 22.9 Å². The SMILES string of the molecule is Cc1c(N2CCC3(CCCC3NC(=O)OC(C)(C)C)C2)c(F)cn2c(=O)c(C(=O)O)cc(C3CC3)c12. The van der Waals surface area contributed by atoms with Crippen molar-refractivity contribution >= 4 is 23.3 Å². The summed E-state index contributed by atoms with van der Waals surface area (Å²) >= 11 is 0. The standard InChI is InChI=1S/C27H34FN3O5/c1-15-21-17(16-7-8-16)12-18(24(33)34)23(32)31(21)13-19(28)22(15)30-11-10-27(14-30)9-5-6-20(27)29-25(35)36-26(2,3)4/h12-13,16,20H,5-11,14H2,1-4H3,(H,29,35)(H,33,34). The highest BCUT2D eigenvalue weighted by Gasteiger charge is 2.49. The molecule has 194 valence electrons. The summed E-state index contributed by atoms with van der Waals surface area (Å²) in [6, 6.07) is 1.43. The number of carbonyl (C=O) groups is 2. The van der Waals surface area contributed by atoms with Crippen molar-refractivity contribution in [1.29, 1.82) is 0 Å². The van der Waals surface area contributed by atoms with Crippen molar-refractivity contribution in [1.82, 2.24) is 9.72 Å².